The molecule has 1 N–H and O–H groups in total. The Bertz CT molecular complexity index is 567. The first-order valence-corrected chi connectivity index (χ1v) is 9.65. The van der Waals surface area contributed by atoms with Crippen LogP contribution >= 0.6 is 0 Å². The summed E-state index contributed by atoms with van der Waals surface area (Å²) in [6, 6.07) is 10.3. The summed E-state index contributed by atoms with van der Waals surface area (Å²) in [5, 5.41) is 3.41. The predicted molar refractivity (Wildman–Crippen MR) is 100 cm³/mol. The molecule has 2 aliphatic heterocycles. The Balaban J connectivity index is 1.65. The summed E-state index contributed by atoms with van der Waals surface area (Å²) in [6.07, 6.45) is 3.00. The molecule has 4 heteroatoms. The largest absolute Gasteiger partial charge is 0.369 e. The zero-order valence-corrected chi connectivity index (χ0v) is 15.8. The van der Waals surface area contributed by atoms with Gasteiger partial charge in [0.1, 0.15) is 6.10 Å². The summed E-state index contributed by atoms with van der Waals surface area (Å²) >= 11 is 0. The lowest BCUT2D eigenvalue weighted by Gasteiger charge is -2.46. The monoisotopic (exact) mass is 344 g/mol. The highest BCUT2D eigenvalue weighted by Gasteiger charge is 2.39. The minimum absolute atomic E-state index is 0.0210. The fourth-order valence-corrected chi connectivity index (χ4v) is 4.12. The fraction of sp³-hybridized carbons (Fsp3) is 0.667. The van der Waals surface area contributed by atoms with Gasteiger partial charge in [-0.3, -0.25) is 4.79 Å². The van der Waals surface area contributed by atoms with Gasteiger partial charge in [0.25, 0.3) is 0 Å². The Morgan fingerprint density at radius 2 is 1.96 bits per heavy atom. The van der Waals surface area contributed by atoms with Crippen molar-refractivity contribution in [2.24, 2.45) is 11.8 Å². The molecule has 1 aromatic rings. The second-order valence-electron chi connectivity index (χ2n) is 8.30. The van der Waals surface area contributed by atoms with Crippen LogP contribution in [0.25, 0.3) is 0 Å². The fourth-order valence-electron chi connectivity index (χ4n) is 4.12. The molecule has 2 fully saturated rings. The van der Waals surface area contributed by atoms with Crippen LogP contribution in [-0.4, -0.2) is 42.6 Å². The van der Waals surface area contributed by atoms with E-state index in [4.69, 9.17) is 4.74 Å². The summed E-state index contributed by atoms with van der Waals surface area (Å²) in [4.78, 5) is 15.2. The van der Waals surface area contributed by atoms with Gasteiger partial charge in [-0.1, -0.05) is 37.3 Å². The van der Waals surface area contributed by atoms with E-state index in [1.54, 1.807) is 0 Å². The topological polar surface area (TPSA) is 41.6 Å². The van der Waals surface area contributed by atoms with Gasteiger partial charge < -0.3 is 15.0 Å². The van der Waals surface area contributed by atoms with Crippen LogP contribution in [0, 0.1) is 11.8 Å². The highest BCUT2D eigenvalue weighted by molar-refractivity contribution is 5.77. The van der Waals surface area contributed by atoms with Crippen molar-refractivity contribution in [3.63, 3.8) is 0 Å². The average molecular weight is 344 g/mol. The van der Waals surface area contributed by atoms with Crippen LogP contribution in [-0.2, 0) is 9.53 Å². The van der Waals surface area contributed by atoms with Gasteiger partial charge in [-0.05, 0) is 57.2 Å². The van der Waals surface area contributed by atoms with Crippen LogP contribution in [0.5, 0.6) is 0 Å². The molecule has 0 aromatic heterocycles. The number of hydrogen-bond acceptors (Lipinski definition) is 3. The number of ether oxygens (including phenoxy) is 1. The molecule has 1 aromatic carbocycles. The smallest absolute Gasteiger partial charge is 0.223 e. The molecule has 2 aliphatic rings. The number of nitrogens with one attached hydrogen (secondary N) is 1. The quantitative estimate of drug-likeness (QED) is 0.910. The van der Waals surface area contributed by atoms with Crippen LogP contribution in [0.2, 0.25) is 0 Å². The molecule has 0 saturated carbocycles. The first-order valence-electron chi connectivity index (χ1n) is 9.65. The van der Waals surface area contributed by atoms with Gasteiger partial charge in [-0.25, -0.2) is 0 Å². The van der Waals surface area contributed by atoms with Crippen molar-refractivity contribution in [3.8, 4) is 0 Å². The van der Waals surface area contributed by atoms with E-state index in [2.05, 4.69) is 43.1 Å². The molecular formula is C21H32N2O2. The van der Waals surface area contributed by atoms with E-state index in [1.807, 2.05) is 18.2 Å². The van der Waals surface area contributed by atoms with E-state index in [-0.39, 0.29) is 17.6 Å². The van der Waals surface area contributed by atoms with Crippen LogP contribution in [0.4, 0.5) is 0 Å². The number of hydrogen-bond donors (Lipinski definition) is 1. The van der Waals surface area contributed by atoms with Gasteiger partial charge in [-0.2, -0.15) is 0 Å². The summed E-state index contributed by atoms with van der Waals surface area (Å²) in [6.45, 7) is 9.87. The standard InChI is InChI=1S/C21H32N2O2/c1-16(17-9-11-22-12-10-17)13-20(24)23-14-19(25-15-21(23,2)3)18-7-5-4-6-8-18/h4-8,16-17,19,22H,9-15H2,1-3H3. The second-order valence-corrected chi connectivity index (χ2v) is 8.30. The lowest BCUT2D eigenvalue weighted by atomic mass is 9.83. The number of nitrogens with zero attached hydrogens (tertiary/aromatic N) is 1. The molecule has 138 valence electrons. The van der Waals surface area contributed by atoms with E-state index in [0.29, 0.717) is 31.4 Å². The second kappa shape index (κ2) is 7.88. The number of piperidine rings is 1. The summed E-state index contributed by atoms with van der Waals surface area (Å²) in [5.74, 6) is 1.39. The number of benzene rings is 1. The van der Waals surface area contributed by atoms with E-state index < -0.39 is 0 Å². The Morgan fingerprint density at radius 3 is 2.64 bits per heavy atom. The Kier molecular flexibility index (Phi) is 5.80. The van der Waals surface area contributed by atoms with Gasteiger partial charge in [0, 0.05) is 6.42 Å². The lowest BCUT2D eigenvalue weighted by molar-refractivity contribution is -0.156. The Labute approximate surface area is 151 Å². The normalized spacial score (nSPS) is 25.6. The number of morpholine rings is 1. The van der Waals surface area contributed by atoms with Crippen molar-refractivity contribution in [2.45, 2.75) is 51.7 Å². The Morgan fingerprint density at radius 1 is 1.28 bits per heavy atom. The first-order chi connectivity index (χ1) is 12.0. The molecule has 0 bridgehead atoms. The average Bonchev–Trinajstić information content (AvgIpc) is 2.63. The van der Waals surface area contributed by atoms with Crippen molar-refractivity contribution in [3.05, 3.63) is 35.9 Å². The minimum atomic E-state index is -0.240. The first kappa shape index (κ1) is 18.4. The molecule has 2 atom stereocenters. The lowest BCUT2D eigenvalue weighted by Crippen LogP contribution is -2.56. The zero-order valence-electron chi connectivity index (χ0n) is 15.8. The summed E-state index contributed by atoms with van der Waals surface area (Å²) in [5.41, 5.74) is 0.915. The molecule has 0 aliphatic carbocycles. The van der Waals surface area contributed by atoms with Gasteiger partial charge in [0.2, 0.25) is 5.91 Å². The van der Waals surface area contributed by atoms with Crippen LogP contribution < -0.4 is 5.32 Å². The zero-order chi connectivity index (χ0) is 17.9. The van der Waals surface area contributed by atoms with Crippen LogP contribution in [0.3, 0.4) is 0 Å². The van der Waals surface area contributed by atoms with Crippen molar-refractivity contribution < 1.29 is 9.53 Å². The predicted octanol–water partition coefficient (Wildman–Crippen LogP) is 3.39. The third-order valence-corrected chi connectivity index (χ3v) is 5.87. The minimum Gasteiger partial charge on any atom is -0.369 e. The maximum Gasteiger partial charge on any atom is 0.223 e. The van der Waals surface area contributed by atoms with Gasteiger partial charge in [-0.15, -0.1) is 0 Å². The van der Waals surface area contributed by atoms with Crippen molar-refractivity contribution >= 4 is 5.91 Å². The molecular weight excluding hydrogens is 312 g/mol. The van der Waals surface area contributed by atoms with Crippen LogP contribution in [0.15, 0.2) is 30.3 Å². The molecule has 25 heavy (non-hydrogen) atoms. The Hall–Kier alpha value is -1.39. The highest BCUT2D eigenvalue weighted by atomic mass is 16.5. The van der Waals surface area contributed by atoms with E-state index in [0.717, 1.165) is 18.7 Å². The molecule has 2 saturated heterocycles. The summed E-state index contributed by atoms with van der Waals surface area (Å²) < 4.78 is 6.08. The van der Waals surface area contributed by atoms with Crippen LogP contribution in [0.1, 0.15) is 51.7 Å². The van der Waals surface area contributed by atoms with E-state index >= 15 is 0 Å². The van der Waals surface area contributed by atoms with Crippen molar-refractivity contribution in [2.75, 3.05) is 26.2 Å². The summed E-state index contributed by atoms with van der Waals surface area (Å²) in [7, 11) is 0. The maximum absolute atomic E-state index is 13.1. The number of carbonyl (C=O) groups excluding carboxylic acids is 1. The van der Waals surface area contributed by atoms with Gasteiger partial charge in [0.05, 0.1) is 18.7 Å². The molecule has 0 radical (unpaired) electrons. The van der Waals surface area contributed by atoms with E-state index in [1.165, 1.54) is 12.8 Å². The molecule has 2 heterocycles. The third kappa shape index (κ3) is 4.42. The maximum atomic E-state index is 13.1. The van der Waals surface area contributed by atoms with Crippen molar-refractivity contribution in [1.29, 1.82) is 0 Å². The van der Waals surface area contributed by atoms with Gasteiger partial charge in [0.15, 0.2) is 0 Å². The molecule has 2 unspecified atom stereocenters. The van der Waals surface area contributed by atoms with E-state index in [9.17, 15) is 4.79 Å². The van der Waals surface area contributed by atoms with Crippen molar-refractivity contribution in [1.82, 2.24) is 10.2 Å². The number of carbonyl (C=O) groups is 1. The number of rotatable bonds is 4. The number of amides is 1. The van der Waals surface area contributed by atoms with Gasteiger partial charge >= 0.3 is 0 Å². The molecule has 4 nitrogen and oxygen atoms in total. The molecule has 1 amide bonds. The molecule has 3 rings (SSSR count). The highest BCUT2D eigenvalue weighted by Crippen LogP contribution is 2.32. The SMILES string of the molecule is CC(CC(=O)N1CC(c2ccccc2)OCC1(C)C)C1CCNCC1. The third-order valence-electron chi connectivity index (χ3n) is 5.87. The molecule has 0 spiro atoms.